The number of fused-ring (bicyclic) bond motifs is 1. The predicted molar refractivity (Wildman–Crippen MR) is 91.4 cm³/mol. The second kappa shape index (κ2) is 5.62. The Bertz CT molecular complexity index is 800. The molecule has 0 aliphatic heterocycles. The van der Waals surface area contributed by atoms with Crippen molar-refractivity contribution in [2.24, 2.45) is 0 Å². The zero-order valence-corrected chi connectivity index (χ0v) is 14.0. The van der Waals surface area contributed by atoms with Crippen molar-refractivity contribution in [3.8, 4) is 0 Å². The fourth-order valence-corrected chi connectivity index (χ4v) is 4.57. The summed E-state index contributed by atoms with van der Waals surface area (Å²) in [6.07, 6.45) is 0. The highest BCUT2D eigenvalue weighted by atomic mass is 32.1. The summed E-state index contributed by atoms with van der Waals surface area (Å²) in [6.45, 7) is 4.81. The molecule has 0 unspecified atom stereocenters. The van der Waals surface area contributed by atoms with Gasteiger partial charge in [-0.25, -0.2) is 0 Å². The van der Waals surface area contributed by atoms with E-state index in [1.807, 2.05) is 31.0 Å². The Kier molecular flexibility index (Phi) is 3.83. The summed E-state index contributed by atoms with van der Waals surface area (Å²) in [7, 11) is 1.88. The summed E-state index contributed by atoms with van der Waals surface area (Å²) >= 11 is 3.30. The summed E-state index contributed by atoms with van der Waals surface area (Å²) in [5, 5.41) is 3.26. The molecule has 1 amide bonds. The van der Waals surface area contributed by atoms with Gasteiger partial charge in [-0.1, -0.05) is 18.2 Å². The highest BCUT2D eigenvalue weighted by Gasteiger charge is 2.19. The number of benzene rings is 1. The second-order valence-electron chi connectivity index (χ2n) is 5.24. The van der Waals surface area contributed by atoms with Gasteiger partial charge in [0, 0.05) is 16.6 Å². The molecule has 0 bridgehead atoms. The molecule has 0 fully saturated rings. The number of aryl methyl sites for hydroxylation is 2. The van der Waals surface area contributed by atoms with Crippen LogP contribution in [0.25, 0.3) is 10.1 Å². The van der Waals surface area contributed by atoms with E-state index in [2.05, 4.69) is 30.5 Å². The highest BCUT2D eigenvalue weighted by Crippen LogP contribution is 2.31. The lowest BCUT2D eigenvalue weighted by Gasteiger charge is -2.16. The molecule has 0 spiro atoms. The molecule has 3 rings (SSSR count). The van der Waals surface area contributed by atoms with E-state index < -0.39 is 0 Å². The monoisotopic (exact) mass is 315 g/mol. The molecule has 2 aromatic heterocycles. The van der Waals surface area contributed by atoms with Crippen LogP contribution in [-0.4, -0.2) is 17.9 Å². The summed E-state index contributed by atoms with van der Waals surface area (Å²) in [5.41, 5.74) is 2.35. The van der Waals surface area contributed by atoms with Gasteiger partial charge in [-0.3, -0.25) is 4.79 Å². The first-order chi connectivity index (χ1) is 10.1. The summed E-state index contributed by atoms with van der Waals surface area (Å²) in [4.78, 5) is 16.6. The Morgan fingerprint density at radius 2 is 1.95 bits per heavy atom. The van der Waals surface area contributed by atoms with Gasteiger partial charge in [0.1, 0.15) is 0 Å². The second-order valence-corrected chi connectivity index (χ2v) is 7.29. The molecule has 1 aromatic carbocycles. The average Bonchev–Trinajstić information content (AvgIpc) is 3.03. The number of nitrogens with zero attached hydrogens (tertiary/aromatic N) is 1. The van der Waals surface area contributed by atoms with Crippen molar-refractivity contribution in [3.05, 3.63) is 56.6 Å². The molecule has 2 heterocycles. The lowest BCUT2D eigenvalue weighted by atomic mass is 10.1. The molecule has 0 aliphatic rings. The topological polar surface area (TPSA) is 20.3 Å². The molecular weight excluding hydrogens is 298 g/mol. The highest BCUT2D eigenvalue weighted by molar-refractivity contribution is 7.21. The standard InChI is InChI=1S/C17H17NOS2/c1-11-8-9-20-15(11)10-18(3)17(19)16-12(2)13-6-4-5-7-14(13)21-16/h4-9H,10H2,1-3H3. The minimum atomic E-state index is 0.112. The van der Waals surface area contributed by atoms with Crippen LogP contribution in [0.1, 0.15) is 25.7 Å². The van der Waals surface area contributed by atoms with Crippen molar-refractivity contribution >= 4 is 38.7 Å². The van der Waals surface area contributed by atoms with Crippen LogP contribution in [0.15, 0.2) is 35.7 Å². The number of hydrogen-bond donors (Lipinski definition) is 0. The maximum atomic E-state index is 12.7. The van der Waals surface area contributed by atoms with Gasteiger partial charge in [-0.15, -0.1) is 22.7 Å². The molecule has 4 heteroatoms. The van der Waals surface area contributed by atoms with Crippen molar-refractivity contribution in [2.75, 3.05) is 7.05 Å². The minimum Gasteiger partial charge on any atom is -0.336 e. The quantitative estimate of drug-likeness (QED) is 0.676. The molecule has 0 saturated heterocycles. The third-order valence-corrected chi connectivity index (χ3v) is 6.00. The maximum Gasteiger partial charge on any atom is 0.264 e. The fourth-order valence-electron chi connectivity index (χ4n) is 2.40. The van der Waals surface area contributed by atoms with Crippen LogP contribution in [0.5, 0.6) is 0 Å². The Balaban J connectivity index is 1.89. The van der Waals surface area contributed by atoms with Gasteiger partial charge in [-0.05, 0) is 47.9 Å². The normalized spacial score (nSPS) is 11.0. The largest absolute Gasteiger partial charge is 0.336 e. The van der Waals surface area contributed by atoms with Gasteiger partial charge in [0.25, 0.3) is 5.91 Å². The Morgan fingerprint density at radius 1 is 1.19 bits per heavy atom. The van der Waals surface area contributed by atoms with Gasteiger partial charge < -0.3 is 4.90 Å². The number of carbonyl (C=O) groups excluding carboxylic acids is 1. The van der Waals surface area contributed by atoms with E-state index in [1.54, 1.807) is 22.7 Å². The number of amides is 1. The smallest absolute Gasteiger partial charge is 0.264 e. The van der Waals surface area contributed by atoms with E-state index in [0.717, 1.165) is 10.4 Å². The summed E-state index contributed by atoms with van der Waals surface area (Å²) < 4.78 is 1.18. The van der Waals surface area contributed by atoms with E-state index in [9.17, 15) is 4.79 Å². The predicted octanol–water partition coefficient (Wildman–Crippen LogP) is 4.85. The number of rotatable bonds is 3. The van der Waals surface area contributed by atoms with Gasteiger partial charge in [0.05, 0.1) is 11.4 Å². The van der Waals surface area contributed by atoms with E-state index >= 15 is 0 Å². The molecule has 0 N–H and O–H groups in total. The van der Waals surface area contributed by atoms with Gasteiger partial charge in [0.15, 0.2) is 0 Å². The first kappa shape index (κ1) is 14.3. The molecule has 0 saturated carbocycles. The van der Waals surface area contributed by atoms with Crippen molar-refractivity contribution < 1.29 is 4.79 Å². The number of hydrogen-bond acceptors (Lipinski definition) is 3. The first-order valence-corrected chi connectivity index (χ1v) is 8.54. The molecule has 21 heavy (non-hydrogen) atoms. The number of carbonyl (C=O) groups is 1. The third-order valence-electron chi connectivity index (χ3n) is 3.73. The molecule has 2 nitrogen and oxygen atoms in total. The van der Waals surface area contributed by atoms with Crippen molar-refractivity contribution in [1.29, 1.82) is 0 Å². The first-order valence-electron chi connectivity index (χ1n) is 6.84. The zero-order valence-electron chi connectivity index (χ0n) is 12.3. The van der Waals surface area contributed by atoms with E-state index in [0.29, 0.717) is 6.54 Å². The molecule has 0 atom stereocenters. The van der Waals surface area contributed by atoms with Crippen molar-refractivity contribution in [3.63, 3.8) is 0 Å². The van der Waals surface area contributed by atoms with Crippen LogP contribution in [0.4, 0.5) is 0 Å². The van der Waals surface area contributed by atoms with Crippen molar-refractivity contribution in [1.82, 2.24) is 4.90 Å². The van der Waals surface area contributed by atoms with Crippen LogP contribution in [-0.2, 0) is 6.54 Å². The maximum absolute atomic E-state index is 12.7. The Morgan fingerprint density at radius 3 is 2.62 bits per heavy atom. The van der Waals surface area contributed by atoms with E-state index in [4.69, 9.17) is 0 Å². The van der Waals surface area contributed by atoms with Crippen LogP contribution in [0.2, 0.25) is 0 Å². The fraction of sp³-hybridized carbons (Fsp3) is 0.235. The third kappa shape index (κ3) is 2.61. The zero-order chi connectivity index (χ0) is 15.0. The lowest BCUT2D eigenvalue weighted by molar-refractivity contribution is 0.0790. The van der Waals surface area contributed by atoms with Gasteiger partial charge >= 0.3 is 0 Å². The van der Waals surface area contributed by atoms with Crippen LogP contribution in [0, 0.1) is 13.8 Å². The molecule has 0 aliphatic carbocycles. The molecule has 0 radical (unpaired) electrons. The Hall–Kier alpha value is -1.65. The average molecular weight is 315 g/mol. The van der Waals surface area contributed by atoms with E-state index in [1.165, 1.54) is 20.5 Å². The SMILES string of the molecule is Cc1ccsc1CN(C)C(=O)c1sc2ccccc2c1C. The summed E-state index contributed by atoms with van der Waals surface area (Å²) in [5.74, 6) is 0.112. The van der Waals surface area contributed by atoms with E-state index in [-0.39, 0.29) is 5.91 Å². The lowest BCUT2D eigenvalue weighted by Crippen LogP contribution is -2.25. The molecular formula is C17H17NOS2. The molecule has 3 aromatic rings. The van der Waals surface area contributed by atoms with Crippen LogP contribution < -0.4 is 0 Å². The van der Waals surface area contributed by atoms with Crippen molar-refractivity contribution in [2.45, 2.75) is 20.4 Å². The summed E-state index contributed by atoms with van der Waals surface area (Å²) in [6, 6.07) is 10.3. The van der Waals surface area contributed by atoms with Gasteiger partial charge in [0.2, 0.25) is 0 Å². The molecule has 108 valence electrons. The number of thiophene rings is 2. The van der Waals surface area contributed by atoms with Crippen LogP contribution >= 0.6 is 22.7 Å². The van der Waals surface area contributed by atoms with Crippen LogP contribution in [0.3, 0.4) is 0 Å². The Labute approximate surface area is 132 Å². The minimum absolute atomic E-state index is 0.112. The van der Waals surface area contributed by atoms with Gasteiger partial charge in [-0.2, -0.15) is 0 Å².